The molecule has 0 bridgehead atoms. The van der Waals surface area contributed by atoms with Crippen molar-refractivity contribution < 1.29 is 13.2 Å². The van der Waals surface area contributed by atoms with E-state index in [9.17, 15) is 8.42 Å². The first-order valence-corrected chi connectivity index (χ1v) is 8.28. The Kier molecular flexibility index (Phi) is 6.46. The predicted octanol–water partition coefficient (Wildman–Crippen LogP) is 1.78. The normalized spacial score (nSPS) is 22.4. The Hall–Kier alpha value is -0.820. The molecule has 1 heterocycles. The van der Waals surface area contributed by atoms with Crippen molar-refractivity contribution in [2.45, 2.75) is 24.7 Å². The van der Waals surface area contributed by atoms with Crippen molar-refractivity contribution in [3.05, 3.63) is 24.3 Å². The van der Waals surface area contributed by atoms with Crippen LogP contribution in [0.5, 0.6) is 5.75 Å². The Balaban J connectivity index is 0.00000220. The van der Waals surface area contributed by atoms with Gasteiger partial charge < -0.3 is 10.1 Å². The number of nitrogens with one attached hydrogen (secondary N) is 2. The number of halogens is 1. The molecule has 2 N–H and O–H groups in total. The summed E-state index contributed by atoms with van der Waals surface area (Å²) in [5.41, 5.74) is -0.0161. The second-order valence-electron chi connectivity index (χ2n) is 5.59. The van der Waals surface area contributed by atoms with Gasteiger partial charge in [0.15, 0.2) is 0 Å². The maximum absolute atomic E-state index is 12.2. The van der Waals surface area contributed by atoms with Crippen LogP contribution in [0.15, 0.2) is 29.2 Å². The first-order chi connectivity index (χ1) is 9.45. The number of ether oxygens (including phenoxy) is 1. The van der Waals surface area contributed by atoms with Gasteiger partial charge in [-0.2, -0.15) is 0 Å². The van der Waals surface area contributed by atoms with E-state index in [0.29, 0.717) is 12.3 Å². The summed E-state index contributed by atoms with van der Waals surface area (Å²) in [4.78, 5) is 0.269. The molecule has 1 atom stereocenters. The lowest BCUT2D eigenvalue weighted by atomic mass is 9.83. The predicted molar refractivity (Wildman–Crippen MR) is 85.6 cm³/mol. The molecule has 21 heavy (non-hydrogen) atoms. The van der Waals surface area contributed by atoms with Crippen molar-refractivity contribution in [3.63, 3.8) is 0 Å². The molecule has 1 aliphatic heterocycles. The van der Waals surface area contributed by atoms with E-state index < -0.39 is 10.0 Å². The van der Waals surface area contributed by atoms with E-state index >= 15 is 0 Å². The monoisotopic (exact) mass is 334 g/mol. The van der Waals surface area contributed by atoms with Gasteiger partial charge in [-0.25, -0.2) is 13.1 Å². The van der Waals surface area contributed by atoms with Crippen molar-refractivity contribution in [1.29, 1.82) is 0 Å². The molecule has 1 aliphatic rings. The molecule has 0 aromatic heterocycles. The molecule has 5 nitrogen and oxygen atoms in total. The molecule has 0 amide bonds. The molecule has 1 unspecified atom stereocenters. The summed E-state index contributed by atoms with van der Waals surface area (Å²) in [5.74, 6) is 0.646. The van der Waals surface area contributed by atoms with Gasteiger partial charge in [-0.3, -0.25) is 0 Å². The van der Waals surface area contributed by atoms with Crippen molar-refractivity contribution in [2.24, 2.45) is 5.41 Å². The third kappa shape index (κ3) is 4.85. The largest absolute Gasteiger partial charge is 0.497 e. The van der Waals surface area contributed by atoms with E-state index in [1.807, 2.05) is 0 Å². The SMILES string of the molecule is COc1ccc(S(=O)(=O)NCC2(C)CCCNC2)cc1.Cl. The summed E-state index contributed by atoms with van der Waals surface area (Å²) in [6, 6.07) is 6.42. The van der Waals surface area contributed by atoms with Gasteiger partial charge >= 0.3 is 0 Å². The van der Waals surface area contributed by atoms with E-state index in [0.717, 1.165) is 25.9 Å². The Morgan fingerprint density at radius 1 is 1.33 bits per heavy atom. The summed E-state index contributed by atoms with van der Waals surface area (Å²) >= 11 is 0. The Bertz CT molecular complexity index is 540. The van der Waals surface area contributed by atoms with Gasteiger partial charge in [0.2, 0.25) is 10.0 Å². The van der Waals surface area contributed by atoms with Crippen molar-refractivity contribution >= 4 is 22.4 Å². The number of hydrogen-bond donors (Lipinski definition) is 2. The molecule has 2 rings (SSSR count). The lowest BCUT2D eigenvalue weighted by molar-refractivity contribution is 0.238. The highest BCUT2D eigenvalue weighted by Gasteiger charge is 2.28. The Labute approximate surface area is 132 Å². The van der Waals surface area contributed by atoms with Gasteiger partial charge in [0.1, 0.15) is 5.75 Å². The molecule has 1 saturated heterocycles. The quantitative estimate of drug-likeness (QED) is 0.861. The Morgan fingerprint density at radius 2 is 2.00 bits per heavy atom. The average Bonchev–Trinajstić information content (AvgIpc) is 2.46. The molecular weight excluding hydrogens is 312 g/mol. The molecule has 1 fully saturated rings. The maximum Gasteiger partial charge on any atom is 0.240 e. The van der Waals surface area contributed by atoms with Gasteiger partial charge in [-0.1, -0.05) is 6.92 Å². The topological polar surface area (TPSA) is 67.4 Å². The van der Waals surface area contributed by atoms with Gasteiger partial charge in [0.05, 0.1) is 12.0 Å². The highest BCUT2D eigenvalue weighted by atomic mass is 35.5. The fourth-order valence-electron chi connectivity index (χ4n) is 2.38. The minimum Gasteiger partial charge on any atom is -0.497 e. The van der Waals surface area contributed by atoms with Gasteiger partial charge in [-0.05, 0) is 49.1 Å². The minimum atomic E-state index is -3.46. The van der Waals surface area contributed by atoms with E-state index in [-0.39, 0.29) is 22.7 Å². The van der Waals surface area contributed by atoms with Gasteiger partial charge in [-0.15, -0.1) is 12.4 Å². The fraction of sp³-hybridized carbons (Fsp3) is 0.571. The maximum atomic E-state index is 12.2. The van der Waals surface area contributed by atoms with Crippen molar-refractivity contribution in [1.82, 2.24) is 10.0 Å². The van der Waals surface area contributed by atoms with Crippen LogP contribution in [0.1, 0.15) is 19.8 Å². The molecule has 0 aliphatic carbocycles. The van der Waals surface area contributed by atoms with Crippen LogP contribution in [0.3, 0.4) is 0 Å². The van der Waals surface area contributed by atoms with Gasteiger partial charge in [0.25, 0.3) is 0 Å². The first kappa shape index (κ1) is 18.2. The second-order valence-corrected chi connectivity index (χ2v) is 7.36. The third-order valence-corrected chi connectivity index (χ3v) is 5.16. The zero-order valence-corrected chi connectivity index (χ0v) is 14.0. The summed E-state index contributed by atoms with van der Waals surface area (Å²) in [5, 5.41) is 3.32. The number of rotatable bonds is 5. The van der Waals surface area contributed by atoms with Crippen molar-refractivity contribution in [2.75, 3.05) is 26.7 Å². The molecule has 1 aromatic carbocycles. The lowest BCUT2D eigenvalue weighted by Crippen LogP contribution is -2.45. The van der Waals surface area contributed by atoms with Crippen LogP contribution < -0.4 is 14.8 Å². The standard InChI is InChI=1S/C14H22N2O3S.ClH/c1-14(8-3-9-15-10-14)11-16-20(17,18)13-6-4-12(19-2)5-7-13;/h4-7,15-16H,3,8-11H2,1-2H3;1H. The van der Waals surface area contributed by atoms with E-state index in [1.165, 1.54) is 0 Å². The molecule has 0 radical (unpaired) electrons. The van der Waals surface area contributed by atoms with E-state index in [2.05, 4.69) is 17.0 Å². The van der Waals surface area contributed by atoms with Crippen LogP contribution in [0.2, 0.25) is 0 Å². The number of methoxy groups -OCH3 is 1. The summed E-state index contributed by atoms with van der Waals surface area (Å²) < 4.78 is 32.2. The highest BCUT2D eigenvalue weighted by molar-refractivity contribution is 7.89. The van der Waals surface area contributed by atoms with Crippen LogP contribution in [-0.4, -0.2) is 35.2 Å². The first-order valence-electron chi connectivity index (χ1n) is 6.80. The number of hydrogen-bond acceptors (Lipinski definition) is 4. The Morgan fingerprint density at radius 3 is 2.52 bits per heavy atom. The van der Waals surface area contributed by atoms with Crippen molar-refractivity contribution in [3.8, 4) is 5.75 Å². The number of piperidine rings is 1. The molecule has 7 heteroatoms. The molecular formula is C14H23ClN2O3S. The number of sulfonamides is 1. The summed E-state index contributed by atoms with van der Waals surface area (Å²) in [7, 11) is -1.90. The molecule has 120 valence electrons. The minimum absolute atomic E-state index is 0. The van der Waals surface area contributed by atoms with Crippen LogP contribution >= 0.6 is 12.4 Å². The molecule has 0 saturated carbocycles. The third-order valence-electron chi connectivity index (χ3n) is 3.74. The smallest absolute Gasteiger partial charge is 0.240 e. The second kappa shape index (κ2) is 7.45. The van der Waals surface area contributed by atoms with E-state index in [1.54, 1.807) is 31.4 Å². The molecule has 1 aromatic rings. The van der Waals surface area contributed by atoms with E-state index in [4.69, 9.17) is 4.74 Å². The zero-order valence-electron chi connectivity index (χ0n) is 12.4. The summed E-state index contributed by atoms with van der Waals surface area (Å²) in [6.45, 7) is 4.42. The number of benzene rings is 1. The summed E-state index contributed by atoms with van der Waals surface area (Å²) in [6.07, 6.45) is 2.12. The van der Waals surface area contributed by atoms with Crippen LogP contribution in [0, 0.1) is 5.41 Å². The zero-order chi connectivity index (χ0) is 14.6. The van der Waals surface area contributed by atoms with Crippen LogP contribution in [0.25, 0.3) is 0 Å². The molecule has 0 spiro atoms. The van der Waals surface area contributed by atoms with Crippen LogP contribution in [0.4, 0.5) is 0 Å². The lowest BCUT2D eigenvalue weighted by Gasteiger charge is -2.34. The fourth-order valence-corrected chi connectivity index (χ4v) is 3.58. The highest BCUT2D eigenvalue weighted by Crippen LogP contribution is 2.25. The van der Waals surface area contributed by atoms with Crippen LogP contribution in [-0.2, 0) is 10.0 Å². The average molecular weight is 335 g/mol. The van der Waals surface area contributed by atoms with Gasteiger partial charge in [0, 0.05) is 13.1 Å².